The highest BCUT2D eigenvalue weighted by atomic mass is 32.2. The average molecular weight is 270 g/mol. The molecule has 2 saturated carbocycles. The minimum atomic E-state index is 0.188. The van der Waals surface area contributed by atoms with Gasteiger partial charge in [0.05, 0.1) is 0 Å². The molecule has 0 radical (unpaired) electrons. The summed E-state index contributed by atoms with van der Waals surface area (Å²) in [5.74, 6) is 2.07. The Kier molecular flexibility index (Phi) is 5.37. The molecule has 0 bridgehead atoms. The molecule has 2 fully saturated rings. The Morgan fingerprint density at radius 1 is 1.33 bits per heavy atom. The first kappa shape index (κ1) is 14.2. The zero-order chi connectivity index (χ0) is 13.0. The fourth-order valence-corrected chi connectivity index (χ4v) is 4.57. The Balaban J connectivity index is 1.78. The molecule has 3 nitrogen and oxygen atoms in total. The summed E-state index contributed by atoms with van der Waals surface area (Å²) in [6.07, 6.45) is 6.90. The molecule has 18 heavy (non-hydrogen) atoms. The van der Waals surface area contributed by atoms with Crippen LogP contribution in [-0.4, -0.2) is 29.5 Å². The third-order valence-corrected chi connectivity index (χ3v) is 5.66. The molecule has 0 aliphatic heterocycles. The van der Waals surface area contributed by atoms with Crippen LogP contribution < -0.4 is 11.1 Å². The summed E-state index contributed by atoms with van der Waals surface area (Å²) >= 11 is 2.04. The van der Waals surface area contributed by atoms with Crippen molar-refractivity contribution in [3.05, 3.63) is 0 Å². The number of nitrogens with two attached hydrogens (primary N) is 1. The first-order chi connectivity index (χ1) is 8.74. The molecule has 0 aromatic rings. The molecule has 3 N–H and O–H groups in total. The lowest BCUT2D eigenvalue weighted by Crippen LogP contribution is -2.40. The van der Waals surface area contributed by atoms with E-state index < -0.39 is 0 Å². The second-order valence-electron chi connectivity index (χ2n) is 5.63. The largest absolute Gasteiger partial charge is 0.353 e. The quantitative estimate of drug-likeness (QED) is 0.805. The Bertz CT molecular complexity index is 285. The van der Waals surface area contributed by atoms with Crippen LogP contribution in [-0.2, 0) is 4.79 Å². The molecule has 2 rings (SSSR count). The monoisotopic (exact) mass is 270 g/mol. The van der Waals surface area contributed by atoms with E-state index in [1.165, 1.54) is 18.6 Å². The third-order valence-electron chi connectivity index (χ3n) is 4.43. The Morgan fingerprint density at radius 3 is 2.89 bits per heavy atom. The molecular formula is C14H26N2OS. The van der Waals surface area contributed by atoms with Gasteiger partial charge in [-0.3, -0.25) is 4.79 Å². The van der Waals surface area contributed by atoms with Gasteiger partial charge >= 0.3 is 0 Å². The number of carbonyl (C=O) groups excluding carboxylic acids is 1. The average Bonchev–Trinajstić information content (AvgIpc) is 2.98. The van der Waals surface area contributed by atoms with Crippen molar-refractivity contribution >= 4 is 17.7 Å². The minimum Gasteiger partial charge on any atom is -0.353 e. The summed E-state index contributed by atoms with van der Waals surface area (Å²) in [5.41, 5.74) is 5.75. The third kappa shape index (κ3) is 3.41. The van der Waals surface area contributed by atoms with E-state index in [0.29, 0.717) is 18.5 Å². The highest BCUT2D eigenvalue weighted by Crippen LogP contribution is 2.33. The van der Waals surface area contributed by atoms with Gasteiger partial charge in [-0.2, -0.15) is 11.8 Å². The predicted octanol–water partition coefficient (Wildman–Crippen LogP) is 2.15. The summed E-state index contributed by atoms with van der Waals surface area (Å²) in [7, 11) is 0. The highest BCUT2D eigenvalue weighted by molar-refractivity contribution is 7.99. The molecule has 0 aromatic heterocycles. The standard InChI is InChI=1S/C14H26N2OS/c1-2-18-12-7-6-11(8-12)16-14(17)13-5-3-4-10(13)9-15/h10-13H,2-9,15H2,1H3,(H,16,17). The van der Waals surface area contributed by atoms with Gasteiger partial charge in [0.25, 0.3) is 0 Å². The molecule has 2 aliphatic rings. The van der Waals surface area contributed by atoms with E-state index >= 15 is 0 Å². The molecule has 104 valence electrons. The number of hydrogen-bond donors (Lipinski definition) is 2. The molecule has 0 spiro atoms. The summed E-state index contributed by atoms with van der Waals surface area (Å²) in [4.78, 5) is 12.3. The van der Waals surface area contributed by atoms with Crippen molar-refractivity contribution in [3.63, 3.8) is 0 Å². The number of thioether (sulfide) groups is 1. The normalized spacial score (nSPS) is 35.9. The number of carbonyl (C=O) groups is 1. The zero-order valence-electron chi connectivity index (χ0n) is 11.4. The smallest absolute Gasteiger partial charge is 0.223 e. The van der Waals surface area contributed by atoms with Crippen molar-refractivity contribution in [1.29, 1.82) is 0 Å². The van der Waals surface area contributed by atoms with Crippen LogP contribution in [0.25, 0.3) is 0 Å². The van der Waals surface area contributed by atoms with Gasteiger partial charge in [-0.15, -0.1) is 0 Å². The second-order valence-corrected chi connectivity index (χ2v) is 7.21. The molecule has 0 heterocycles. The van der Waals surface area contributed by atoms with Gasteiger partial charge in [0, 0.05) is 17.2 Å². The van der Waals surface area contributed by atoms with E-state index in [-0.39, 0.29) is 11.8 Å². The topological polar surface area (TPSA) is 55.1 Å². The maximum Gasteiger partial charge on any atom is 0.223 e. The summed E-state index contributed by atoms with van der Waals surface area (Å²) < 4.78 is 0. The molecule has 0 aromatic carbocycles. The van der Waals surface area contributed by atoms with E-state index in [0.717, 1.165) is 30.9 Å². The number of nitrogens with one attached hydrogen (secondary N) is 1. The minimum absolute atomic E-state index is 0.188. The molecule has 2 aliphatic carbocycles. The van der Waals surface area contributed by atoms with Crippen LogP contribution in [0.15, 0.2) is 0 Å². The van der Waals surface area contributed by atoms with Crippen LogP contribution in [0, 0.1) is 11.8 Å². The summed E-state index contributed by atoms with van der Waals surface area (Å²) in [5, 5.41) is 4.02. The van der Waals surface area contributed by atoms with Crippen LogP contribution in [0.5, 0.6) is 0 Å². The van der Waals surface area contributed by atoms with Gasteiger partial charge in [0.15, 0.2) is 0 Å². The fourth-order valence-electron chi connectivity index (χ4n) is 3.43. The number of hydrogen-bond acceptors (Lipinski definition) is 3. The SMILES string of the molecule is CCSC1CCC(NC(=O)C2CCCC2CN)C1. The number of rotatable bonds is 5. The second kappa shape index (κ2) is 6.80. The van der Waals surface area contributed by atoms with Gasteiger partial charge in [-0.05, 0) is 50.3 Å². The van der Waals surface area contributed by atoms with Gasteiger partial charge in [-0.1, -0.05) is 13.3 Å². The lowest BCUT2D eigenvalue weighted by Gasteiger charge is -2.20. The maximum atomic E-state index is 12.3. The van der Waals surface area contributed by atoms with Crippen molar-refractivity contribution in [2.75, 3.05) is 12.3 Å². The lowest BCUT2D eigenvalue weighted by atomic mass is 9.95. The summed E-state index contributed by atoms with van der Waals surface area (Å²) in [6, 6.07) is 0.417. The van der Waals surface area contributed by atoms with Crippen molar-refractivity contribution < 1.29 is 4.79 Å². The van der Waals surface area contributed by atoms with Crippen LogP contribution in [0.2, 0.25) is 0 Å². The molecule has 4 atom stereocenters. The van der Waals surface area contributed by atoms with E-state index in [1.54, 1.807) is 0 Å². The fraction of sp³-hybridized carbons (Fsp3) is 0.929. The van der Waals surface area contributed by atoms with Gasteiger partial charge in [-0.25, -0.2) is 0 Å². The van der Waals surface area contributed by atoms with Crippen molar-refractivity contribution in [1.82, 2.24) is 5.32 Å². The Morgan fingerprint density at radius 2 is 2.17 bits per heavy atom. The van der Waals surface area contributed by atoms with E-state index in [2.05, 4.69) is 12.2 Å². The van der Waals surface area contributed by atoms with Gasteiger partial charge in [0.2, 0.25) is 5.91 Å². The molecule has 0 saturated heterocycles. The van der Waals surface area contributed by atoms with Crippen LogP contribution in [0.4, 0.5) is 0 Å². The van der Waals surface area contributed by atoms with Crippen molar-refractivity contribution in [2.24, 2.45) is 17.6 Å². The number of amides is 1. The van der Waals surface area contributed by atoms with Crippen LogP contribution in [0.1, 0.15) is 45.4 Å². The maximum absolute atomic E-state index is 12.3. The van der Waals surface area contributed by atoms with Gasteiger partial charge < -0.3 is 11.1 Å². The molecule has 4 unspecified atom stereocenters. The summed E-state index contributed by atoms with van der Waals surface area (Å²) in [6.45, 7) is 2.87. The first-order valence-corrected chi connectivity index (χ1v) is 8.41. The zero-order valence-corrected chi connectivity index (χ0v) is 12.2. The van der Waals surface area contributed by atoms with E-state index in [9.17, 15) is 4.79 Å². The Hall–Kier alpha value is -0.220. The molecular weight excluding hydrogens is 244 g/mol. The predicted molar refractivity (Wildman–Crippen MR) is 77.6 cm³/mol. The first-order valence-electron chi connectivity index (χ1n) is 7.36. The van der Waals surface area contributed by atoms with Crippen LogP contribution >= 0.6 is 11.8 Å². The van der Waals surface area contributed by atoms with E-state index in [4.69, 9.17) is 5.73 Å². The van der Waals surface area contributed by atoms with Crippen LogP contribution in [0.3, 0.4) is 0 Å². The molecule has 1 amide bonds. The highest BCUT2D eigenvalue weighted by Gasteiger charge is 2.34. The van der Waals surface area contributed by atoms with Crippen molar-refractivity contribution in [2.45, 2.75) is 56.7 Å². The Labute approximate surface area is 115 Å². The van der Waals surface area contributed by atoms with Gasteiger partial charge in [0.1, 0.15) is 0 Å². The molecule has 4 heteroatoms. The van der Waals surface area contributed by atoms with Crippen molar-refractivity contribution in [3.8, 4) is 0 Å². The van der Waals surface area contributed by atoms with E-state index in [1.807, 2.05) is 11.8 Å². The lowest BCUT2D eigenvalue weighted by molar-refractivity contribution is -0.126.